The lowest BCUT2D eigenvalue weighted by atomic mass is 10.1. The highest BCUT2D eigenvalue weighted by Gasteiger charge is 2.05. The third-order valence-electron chi connectivity index (χ3n) is 2.33. The van der Waals surface area contributed by atoms with Gasteiger partial charge >= 0.3 is 0 Å². The van der Waals surface area contributed by atoms with E-state index in [0.717, 1.165) is 5.56 Å². The number of benzene rings is 2. The lowest BCUT2D eigenvalue weighted by molar-refractivity contribution is 0.296. The van der Waals surface area contributed by atoms with Gasteiger partial charge in [-0.15, -0.1) is 0 Å². The van der Waals surface area contributed by atoms with Gasteiger partial charge in [-0.05, 0) is 29.8 Å². The summed E-state index contributed by atoms with van der Waals surface area (Å²) < 4.78 is 12.8. The Bertz CT molecular complexity index is 529. The highest BCUT2D eigenvalue weighted by Crippen LogP contribution is 2.31. The Morgan fingerprint density at radius 2 is 1.76 bits per heavy atom. The first kappa shape index (κ1) is 11.9. The Morgan fingerprint density at radius 1 is 1.12 bits per heavy atom. The molecule has 0 aliphatic heterocycles. The molecule has 88 valence electrons. The largest absolute Gasteiger partial charge is 0.733 e. The number of anilines is 1. The average molecular weight is 253 g/mol. The zero-order valence-electron chi connectivity index (χ0n) is 8.60. The molecule has 0 bridgehead atoms. The molecule has 17 heavy (non-hydrogen) atoms. The number of halogens is 2. The van der Waals surface area contributed by atoms with Crippen molar-refractivity contribution >= 4 is 17.3 Å². The molecule has 0 heterocycles. The molecule has 0 unspecified atom stereocenters. The Morgan fingerprint density at radius 3 is 2.29 bits per heavy atom. The topological polar surface area (TPSA) is 46.5 Å². The molecule has 0 fully saturated rings. The van der Waals surface area contributed by atoms with Crippen LogP contribution in [0.1, 0.15) is 0 Å². The van der Waals surface area contributed by atoms with Crippen molar-refractivity contribution in [1.82, 2.24) is 0 Å². The molecule has 1 N–H and O–H groups in total. The summed E-state index contributed by atoms with van der Waals surface area (Å²) in [4.78, 5) is 0. The van der Waals surface area contributed by atoms with Gasteiger partial charge in [-0.2, -0.15) is 0 Å². The van der Waals surface area contributed by atoms with Crippen LogP contribution < -0.4 is 5.23 Å². The lowest BCUT2D eigenvalue weighted by Gasteiger charge is -2.22. The smallest absolute Gasteiger partial charge is 0.123 e. The normalized spacial score (nSPS) is 10.4. The molecule has 0 spiro atoms. The van der Waals surface area contributed by atoms with Crippen molar-refractivity contribution in [3.8, 4) is 11.1 Å². The summed E-state index contributed by atoms with van der Waals surface area (Å²) in [5, 5.41) is 19.4. The maximum Gasteiger partial charge on any atom is 0.123 e. The fourth-order valence-corrected chi connectivity index (χ4v) is 1.77. The fourth-order valence-electron chi connectivity index (χ4n) is 1.49. The summed E-state index contributed by atoms with van der Waals surface area (Å²) in [5.74, 6) is -0.331. The molecule has 5 heteroatoms. The van der Waals surface area contributed by atoms with E-state index < -0.39 is 0 Å². The predicted molar refractivity (Wildman–Crippen MR) is 64.5 cm³/mol. The molecule has 0 saturated carbocycles. The Hall–Kier alpha value is -1.62. The van der Waals surface area contributed by atoms with Gasteiger partial charge in [-0.3, -0.25) is 5.21 Å². The fraction of sp³-hybridized carbons (Fsp3) is 0. The van der Waals surface area contributed by atoms with Gasteiger partial charge in [0, 0.05) is 5.56 Å². The molecular formula is C12H8ClFNO2-. The SMILES string of the molecule is [O-]N(O)c1ccc(-c2ccc(F)cc2)c(Cl)c1. The molecule has 0 amide bonds. The van der Waals surface area contributed by atoms with E-state index in [2.05, 4.69) is 0 Å². The van der Waals surface area contributed by atoms with Crippen LogP contribution in [0.5, 0.6) is 0 Å². The van der Waals surface area contributed by atoms with Gasteiger partial charge < -0.3 is 10.4 Å². The lowest BCUT2D eigenvalue weighted by Crippen LogP contribution is -2.06. The number of hydrogen-bond acceptors (Lipinski definition) is 3. The molecule has 0 aliphatic carbocycles. The Labute approximate surface area is 102 Å². The third kappa shape index (κ3) is 2.55. The highest BCUT2D eigenvalue weighted by molar-refractivity contribution is 6.33. The molecule has 2 aromatic carbocycles. The molecule has 3 nitrogen and oxygen atoms in total. The second-order valence-electron chi connectivity index (χ2n) is 3.44. The predicted octanol–water partition coefficient (Wildman–Crippen LogP) is 3.84. The van der Waals surface area contributed by atoms with Crippen LogP contribution in [0.4, 0.5) is 10.1 Å². The van der Waals surface area contributed by atoms with Crippen molar-refractivity contribution in [2.24, 2.45) is 0 Å². The Kier molecular flexibility index (Phi) is 3.28. The van der Waals surface area contributed by atoms with E-state index in [1.165, 1.54) is 24.3 Å². The first-order valence-corrected chi connectivity index (χ1v) is 5.17. The quantitative estimate of drug-likeness (QED) is 0.826. The maximum atomic E-state index is 12.8. The molecule has 0 radical (unpaired) electrons. The summed E-state index contributed by atoms with van der Waals surface area (Å²) in [6.07, 6.45) is 0. The van der Waals surface area contributed by atoms with Gasteiger partial charge in [0.2, 0.25) is 0 Å². The number of rotatable bonds is 2. The minimum absolute atomic E-state index is 0.0425. The van der Waals surface area contributed by atoms with Crippen molar-refractivity contribution in [1.29, 1.82) is 0 Å². The summed E-state index contributed by atoms with van der Waals surface area (Å²) >= 11 is 5.98. The molecular weight excluding hydrogens is 245 g/mol. The number of hydrogen-bond donors (Lipinski definition) is 1. The highest BCUT2D eigenvalue weighted by atomic mass is 35.5. The van der Waals surface area contributed by atoms with Crippen LogP contribution in [-0.2, 0) is 0 Å². The van der Waals surface area contributed by atoms with Crippen molar-refractivity contribution in [3.05, 3.63) is 58.5 Å². The van der Waals surface area contributed by atoms with Gasteiger partial charge in [0.1, 0.15) is 5.82 Å². The van der Waals surface area contributed by atoms with Gasteiger partial charge in [0.05, 0.1) is 10.7 Å². The van der Waals surface area contributed by atoms with Crippen LogP contribution >= 0.6 is 11.6 Å². The second-order valence-corrected chi connectivity index (χ2v) is 3.85. The molecule has 2 rings (SSSR count). The van der Waals surface area contributed by atoms with E-state index in [-0.39, 0.29) is 16.7 Å². The summed E-state index contributed by atoms with van der Waals surface area (Å²) in [7, 11) is 0. The van der Waals surface area contributed by atoms with Crippen LogP contribution in [-0.4, -0.2) is 5.21 Å². The van der Waals surface area contributed by atoms with E-state index >= 15 is 0 Å². The van der Waals surface area contributed by atoms with Crippen molar-refractivity contribution in [3.63, 3.8) is 0 Å². The first-order valence-electron chi connectivity index (χ1n) is 4.79. The van der Waals surface area contributed by atoms with Gasteiger partial charge in [-0.1, -0.05) is 29.8 Å². The minimum Gasteiger partial charge on any atom is -0.733 e. The van der Waals surface area contributed by atoms with Crippen LogP contribution in [0, 0.1) is 11.0 Å². The maximum absolute atomic E-state index is 12.8. The molecule has 0 aliphatic rings. The van der Waals surface area contributed by atoms with E-state index in [9.17, 15) is 9.60 Å². The van der Waals surface area contributed by atoms with Gasteiger partial charge in [0.15, 0.2) is 0 Å². The third-order valence-corrected chi connectivity index (χ3v) is 2.64. The summed E-state index contributed by atoms with van der Waals surface area (Å²) in [6, 6.07) is 10.2. The van der Waals surface area contributed by atoms with E-state index in [1.54, 1.807) is 18.2 Å². The molecule has 2 aromatic rings. The van der Waals surface area contributed by atoms with E-state index in [1.807, 2.05) is 0 Å². The minimum atomic E-state index is -0.331. The van der Waals surface area contributed by atoms with E-state index in [0.29, 0.717) is 10.6 Å². The van der Waals surface area contributed by atoms with Crippen LogP contribution in [0.2, 0.25) is 5.02 Å². The molecule has 0 atom stereocenters. The van der Waals surface area contributed by atoms with Crippen LogP contribution in [0.25, 0.3) is 11.1 Å². The standard InChI is InChI=1S/C12H8ClFNO2/c13-12-7-10(15(16)17)5-6-11(12)8-1-3-9(14)4-2-8/h1-7,16H/q-1. The molecule has 0 saturated heterocycles. The van der Waals surface area contributed by atoms with Crippen LogP contribution in [0.3, 0.4) is 0 Å². The molecule has 0 aromatic heterocycles. The summed E-state index contributed by atoms with van der Waals surface area (Å²) in [6.45, 7) is 0. The first-order chi connectivity index (χ1) is 8.08. The van der Waals surface area contributed by atoms with Crippen molar-refractivity contribution < 1.29 is 9.60 Å². The van der Waals surface area contributed by atoms with Crippen LogP contribution in [0.15, 0.2) is 42.5 Å². The average Bonchev–Trinajstić information content (AvgIpc) is 2.30. The van der Waals surface area contributed by atoms with E-state index in [4.69, 9.17) is 16.8 Å². The summed E-state index contributed by atoms with van der Waals surface area (Å²) in [5.41, 5.74) is 1.44. The zero-order valence-corrected chi connectivity index (χ0v) is 9.36. The van der Waals surface area contributed by atoms with Gasteiger partial charge in [-0.25, -0.2) is 4.39 Å². The second kappa shape index (κ2) is 4.71. The monoisotopic (exact) mass is 252 g/mol. The Balaban J connectivity index is 2.43. The van der Waals surface area contributed by atoms with Crippen molar-refractivity contribution in [2.45, 2.75) is 0 Å². The van der Waals surface area contributed by atoms with Gasteiger partial charge in [0.25, 0.3) is 0 Å². The number of nitrogens with zero attached hydrogens (tertiary/aromatic N) is 1. The van der Waals surface area contributed by atoms with Crippen molar-refractivity contribution in [2.75, 3.05) is 5.23 Å². The zero-order chi connectivity index (χ0) is 12.4.